The van der Waals surface area contributed by atoms with Crippen molar-refractivity contribution in [1.29, 1.82) is 0 Å². The predicted molar refractivity (Wildman–Crippen MR) is 79.6 cm³/mol. The van der Waals surface area contributed by atoms with Crippen LogP contribution >= 0.6 is 34.2 Å². The third-order valence-electron chi connectivity index (χ3n) is 2.48. The third kappa shape index (κ3) is 3.07. The van der Waals surface area contributed by atoms with Gasteiger partial charge in [-0.15, -0.1) is 0 Å². The summed E-state index contributed by atoms with van der Waals surface area (Å²) in [6, 6.07) is 13.5. The maximum Gasteiger partial charge on any atom is 0.159 e. The second-order valence-corrected chi connectivity index (χ2v) is 5.47. The lowest BCUT2D eigenvalue weighted by atomic mass is 10.0. The van der Waals surface area contributed by atoms with E-state index in [2.05, 4.69) is 28.7 Å². The van der Waals surface area contributed by atoms with E-state index in [1.54, 1.807) is 6.92 Å². The van der Waals surface area contributed by atoms with E-state index >= 15 is 0 Å². The molecule has 17 heavy (non-hydrogen) atoms. The minimum absolute atomic E-state index is 0.0822. The van der Waals surface area contributed by atoms with Crippen molar-refractivity contribution >= 4 is 40.0 Å². The first-order chi connectivity index (χ1) is 8.06. The molecule has 0 heterocycles. The monoisotopic (exact) mass is 356 g/mol. The van der Waals surface area contributed by atoms with E-state index in [9.17, 15) is 4.79 Å². The van der Waals surface area contributed by atoms with Gasteiger partial charge in [-0.25, -0.2) is 0 Å². The summed E-state index contributed by atoms with van der Waals surface area (Å²) in [5, 5.41) is 0.714. The summed E-state index contributed by atoms with van der Waals surface area (Å²) in [5.74, 6) is 0.0822. The van der Waals surface area contributed by atoms with Crippen LogP contribution in [0.2, 0.25) is 5.02 Å². The summed E-state index contributed by atoms with van der Waals surface area (Å²) in [4.78, 5) is 11.4. The average molecular weight is 357 g/mol. The van der Waals surface area contributed by atoms with Crippen molar-refractivity contribution in [2.24, 2.45) is 0 Å². The van der Waals surface area contributed by atoms with Crippen LogP contribution in [0.1, 0.15) is 17.3 Å². The van der Waals surface area contributed by atoms with E-state index < -0.39 is 0 Å². The molecule has 0 saturated heterocycles. The summed E-state index contributed by atoms with van der Waals surface area (Å²) in [7, 11) is 0. The summed E-state index contributed by atoms with van der Waals surface area (Å²) in [6.45, 7) is 1.58. The van der Waals surface area contributed by atoms with E-state index in [1.807, 2.05) is 36.4 Å². The van der Waals surface area contributed by atoms with Gasteiger partial charge in [0.05, 0.1) is 0 Å². The van der Waals surface area contributed by atoms with Crippen LogP contribution in [0.15, 0.2) is 42.5 Å². The molecule has 0 saturated carbocycles. The fourth-order valence-electron chi connectivity index (χ4n) is 1.60. The molecular weight excluding hydrogens is 347 g/mol. The minimum atomic E-state index is 0.0822. The topological polar surface area (TPSA) is 17.1 Å². The fraction of sp³-hybridized carbons (Fsp3) is 0.0714. The molecule has 0 amide bonds. The van der Waals surface area contributed by atoms with Crippen molar-refractivity contribution in [3.8, 4) is 11.1 Å². The van der Waals surface area contributed by atoms with E-state index in [4.69, 9.17) is 11.6 Å². The molecule has 0 aliphatic heterocycles. The zero-order chi connectivity index (χ0) is 12.4. The summed E-state index contributed by atoms with van der Waals surface area (Å²) >= 11 is 8.08. The molecular formula is C14H10ClIO. The van der Waals surface area contributed by atoms with E-state index in [0.29, 0.717) is 5.02 Å². The molecule has 0 aliphatic carbocycles. The number of Topliss-reactive ketones (excluding diaryl/α,β-unsaturated/α-hetero) is 1. The van der Waals surface area contributed by atoms with Crippen molar-refractivity contribution in [1.82, 2.24) is 0 Å². The van der Waals surface area contributed by atoms with Gasteiger partial charge in [0.15, 0.2) is 5.78 Å². The summed E-state index contributed by atoms with van der Waals surface area (Å²) in [6.07, 6.45) is 0. The molecule has 0 spiro atoms. The number of halogens is 2. The Morgan fingerprint density at radius 2 is 1.71 bits per heavy atom. The standard InChI is InChI=1S/C14H10ClIO/c1-9(17)11-6-12(8-14(16)7-11)10-2-4-13(15)5-3-10/h2-8H,1H3. The maximum absolute atomic E-state index is 11.4. The number of rotatable bonds is 2. The van der Waals surface area contributed by atoms with Gasteiger partial charge in [-0.05, 0) is 71.0 Å². The molecule has 0 bridgehead atoms. The lowest BCUT2D eigenvalue weighted by molar-refractivity contribution is 0.101. The first-order valence-electron chi connectivity index (χ1n) is 5.14. The van der Waals surface area contributed by atoms with Gasteiger partial charge in [-0.1, -0.05) is 23.7 Å². The van der Waals surface area contributed by atoms with E-state index in [-0.39, 0.29) is 5.78 Å². The molecule has 0 N–H and O–H groups in total. The molecule has 2 aromatic carbocycles. The molecule has 2 rings (SSSR count). The lowest BCUT2D eigenvalue weighted by Crippen LogP contribution is -1.93. The highest BCUT2D eigenvalue weighted by atomic mass is 127. The van der Waals surface area contributed by atoms with Gasteiger partial charge in [0.25, 0.3) is 0 Å². The van der Waals surface area contributed by atoms with Crippen LogP contribution in [0.5, 0.6) is 0 Å². The normalized spacial score (nSPS) is 10.3. The van der Waals surface area contributed by atoms with Crippen LogP contribution in [-0.2, 0) is 0 Å². The molecule has 1 nitrogen and oxygen atoms in total. The maximum atomic E-state index is 11.4. The Balaban J connectivity index is 2.51. The lowest BCUT2D eigenvalue weighted by Gasteiger charge is -2.05. The van der Waals surface area contributed by atoms with Gasteiger partial charge in [0.2, 0.25) is 0 Å². The predicted octanol–water partition coefficient (Wildman–Crippen LogP) is 4.81. The minimum Gasteiger partial charge on any atom is -0.295 e. The highest BCUT2D eigenvalue weighted by molar-refractivity contribution is 14.1. The molecule has 0 radical (unpaired) electrons. The van der Waals surface area contributed by atoms with Crippen molar-refractivity contribution in [3.05, 3.63) is 56.6 Å². The number of carbonyl (C=O) groups excluding carboxylic acids is 1. The summed E-state index contributed by atoms with van der Waals surface area (Å²) in [5.41, 5.74) is 2.84. The van der Waals surface area contributed by atoms with Crippen LogP contribution in [0, 0.1) is 3.57 Å². The van der Waals surface area contributed by atoms with Crippen LogP contribution in [0.25, 0.3) is 11.1 Å². The Morgan fingerprint density at radius 3 is 2.29 bits per heavy atom. The van der Waals surface area contributed by atoms with Crippen molar-refractivity contribution in [2.45, 2.75) is 6.92 Å². The molecule has 0 fully saturated rings. The van der Waals surface area contributed by atoms with Crippen molar-refractivity contribution < 1.29 is 4.79 Å². The SMILES string of the molecule is CC(=O)c1cc(I)cc(-c2ccc(Cl)cc2)c1. The summed E-state index contributed by atoms with van der Waals surface area (Å²) < 4.78 is 1.06. The smallest absolute Gasteiger partial charge is 0.159 e. The number of benzene rings is 2. The van der Waals surface area contributed by atoms with Crippen LogP contribution in [-0.4, -0.2) is 5.78 Å². The van der Waals surface area contributed by atoms with E-state index in [0.717, 1.165) is 20.3 Å². The molecule has 0 unspecified atom stereocenters. The van der Waals surface area contributed by atoms with Crippen LogP contribution < -0.4 is 0 Å². The zero-order valence-electron chi connectivity index (χ0n) is 9.21. The van der Waals surface area contributed by atoms with Gasteiger partial charge in [0.1, 0.15) is 0 Å². The highest BCUT2D eigenvalue weighted by Gasteiger charge is 2.05. The molecule has 2 aromatic rings. The van der Waals surface area contributed by atoms with E-state index in [1.165, 1.54) is 0 Å². The third-order valence-corrected chi connectivity index (χ3v) is 3.36. The van der Waals surface area contributed by atoms with Crippen LogP contribution in [0.4, 0.5) is 0 Å². The van der Waals surface area contributed by atoms with Crippen LogP contribution in [0.3, 0.4) is 0 Å². The molecule has 0 aliphatic rings. The Hall–Kier alpha value is -0.870. The number of carbonyl (C=O) groups is 1. The number of ketones is 1. The highest BCUT2D eigenvalue weighted by Crippen LogP contribution is 2.25. The molecule has 86 valence electrons. The molecule has 0 atom stereocenters. The van der Waals surface area contributed by atoms with Gasteiger partial charge in [-0.2, -0.15) is 0 Å². The Labute approximate surface area is 119 Å². The molecule has 0 aromatic heterocycles. The molecule has 3 heteroatoms. The van der Waals surface area contributed by atoms with Gasteiger partial charge >= 0.3 is 0 Å². The average Bonchev–Trinajstić information content (AvgIpc) is 2.29. The van der Waals surface area contributed by atoms with Gasteiger partial charge < -0.3 is 0 Å². The fourth-order valence-corrected chi connectivity index (χ4v) is 2.40. The van der Waals surface area contributed by atoms with Gasteiger partial charge in [0, 0.05) is 14.2 Å². The largest absolute Gasteiger partial charge is 0.295 e. The second-order valence-electron chi connectivity index (χ2n) is 3.79. The quantitative estimate of drug-likeness (QED) is 0.557. The van der Waals surface area contributed by atoms with Gasteiger partial charge in [-0.3, -0.25) is 4.79 Å². The Kier molecular flexibility index (Phi) is 3.84. The Morgan fingerprint density at radius 1 is 1.06 bits per heavy atom. The first kappa shape index (κ1) is 12.6. The second kappa shape index (κ2) is 5.19. The number of hydrogen-bond acceptors (Lipinski definition) is 1. The van der Waals surface area contributed by atoms with Crippen molar-refractivity contribution in [2.75, 3.05) is 0 Å². The number of hydrogen-bond donors (Lipinski definition) is 0. The first-order valence-corrected chi connectivity index (χ1v) is 6.59. The Bertz CT molecular complexity index is 561. The van der Waals surface area contributed by atoms with Crippen molar-refractivity contribution in [3.63, 3.8) is 0 Å². The zero-order valence-corrected chi connectivity index (χ0v) is 12.1.